The van der Waals surface area contributed by atoms with Gasteiger partial charge < -0.3 is 8.85 Å². The Hall–Kier alpha value is 0.137. The molecule has 1 atom stereocenters. The first-order valence-corrected chi connectivity index (χ1v) is 7.00. The van der Waals surface area contributed by atoms with Gasteiger partial charge in [0.05, 0.1) is 5.60 Å². The predicted octanol–water partition coefficient (Wildman–Crippen LogP) is 2.29. The van der Waals surface area contributed by atoms with E-state index in [4.69, 9.17) is 8.85 Å². The molecule has 1 aliphatic heterocycles. The van der Waals surface area contributed by atoms with Crippen molar-refractivity contribution >= 4 is 8.56 Å². The van der Waals surface area contributed by atoms with Crippen LogP contribution in [0.2, 0.25) is 13.1 Å². The van der Waals surface area contributed by atoms with Crippen LogP contribution in [0.3, 0.4) is 0 Å². The van der Waals surface area contributed by atoms with Crippen LogP contribution in [0.15, 0.2) is 0 Å². The Morgan fingerprint density at radius 2 is 1.91 bits per heavy atom. The molecule has 3 heteroatoms. The van der Waals surface area contributed by atoms with E-state index in [1.165, 1.54) is 0 Å². The van der Waals surface area contributed by atoms with Crippen molar-refractivity contribution in [2.45, 2.75) is 52.0 Å². The molecule has 0 saturated carbocycles. The monoisotopic (exact) mass is 174 g/mol. The molecule has 0 spiro atoms. The molecular formula is C8H18O2Si. The third-order valence-electron chi connectivity index (χ3n) is 1.79. The SMILES string of the molecule is CC1CC(C)(C)O[Si](C)(C)O1. The van der Waals surface area contributed by atoms with Crippen molar-refractivity contribution in [3.05, 3.63) is 0 Å². The molecular weight excluding hydrogens is 156 g/mol. The predicted molar refractivity (Wildman–Crippen MR) is 47.8 cm³/mol. The van der Waals surface area contributed by atoms with E-state index in [0.29, 0.717) is 6.10 Å². The van der Waals surface area contributed by atoms with E-state index < -0.39 is 8.56 Å². The highest BCUT2D eigenvalue weighted by molar-refractivity contribution is 6.64. The quantitative estimate of drug-likeness (QED) is 0.525. The fourth-order valence-electron chi connectivity index (χ4n) is 1.95. The van der Waals surface area contributed by atoms with Crippen molar-refractivity contribution in [3.63, 3.8) is 0 Å². The second kappa shape index (κ2) is 2.57. The lowest BCUT2D eigenvalue weighted by Gasteiger charge is -2.43. The van der Waals surface area contributed by atoms with Gasteiger partial charge in [0.25, 0.3) is 0 Å². The molecule has 66 valence electrons. The van der Waals surface area contributed by atoms with Gasteiger partial charge in [0.2, 0.25) is 0 Å². The van der Waals surface area contributed by atoms with E-state index in [1.54, 1.807) is 0 Å². The van der Waals surface area contributed by atoms with E-state index in [2.05, 4.69) is 33.9 Å². The zero-order chi connectivity index (χ0) is 8.70. The fraction of sp³-hybridized carbons (Fsp3) is 1.00. The molecule has 0 bridgehead atoms. The van der Waals surface area contributed by atoms with E-state index in [0.717, 1.165) is 6.42 Å². The van der Waals surface area contributed by atoms with Gasteiger partial charge in [-0.25, -0.2) is 0 Å². The van der Waals surface area contributed by atoms with Crippen molar-refractivity contribution in [1.29, 1.82) is 0 Å². The Bertz CT molecular complexity index is 138. The van der Waals surface area contributed by atoms with Gasteiger partial charge in [-0.3, -0.25) is 0 Å². The van der Waals surface area contributed by atoms with Crippen molar-refractivity contribution in [2.75, 3.05) is 0 Å². The smallest absolute Gasteiger partial charge is 0.332 e. The van der Waals surface area contributed by atoms with Gasteiger partial charge in [-0.15, -0.1) is 0 Å². The van der Waals surface area contributed by atoms with Crippen LogP contribution in [0.5, 0.6) is 0 Å². The fourth-order valence-corrected chi connectivity index (χ4v) is 4.46. The molecule has 0 radical (unpaired) electrons. The van der Waals surface area contributed by atoms with Crippen molar-refractivity contribution < 1.29 is 8.85 Å². The molecule has 0 aromatic carbocycles. The number of hydrogen-bond acceptors (Lipinski definition) is 2. The molecule has 1 fully saturated rings. The summed E-state index contributed by atoms with van der Waals surface area (Å²) >= 11 is 0. The molecule has 0 aromatic rings. The molecule has 2 nitrogen and oxygen atoms in total. The van der Waals surface area contributed by atoms with Gasteiger partial charge in [0.1, 0.15) is 0 Å². The third kappa shape index (κ3) is 2.58. The summed E-state index contributed by atoms with van der Waals surface area (Å²) in [6.07, 6.45) is 1.36. The Kier molecular flexibility index (Phi) is 2.16. The van der Waals surface area contributed by atoms with Gasteiger partial charge in [-0.1, -0.05) is 0 Å². The van der Waals surface area contributed by atoms with Gasteiger partial charge in [-0.2, -0.15) is 0 Å². The minimum atomic E-state index is -1.79. The highest BCUT2D eigenvalue weighted by Crippen LogP contribution is 2.30. The van der Waals surface area contributed by atoms with Crippen LogP contribution in [-0.4, -0.2) is 20.3 Å². The minimum Gasteiger partial charge on any atom is -0.392 e. The molecule has 0 aromatic heterocycles. The highest BCUT2D eigenvalue weighted by atomic mass is 28.4. The third-order valence-corrected chi connectivity index (χ3v) is 3.80. The largest absolute Gasteiger partial charge is 0.392 e. The first kappa shape index (κ1) is 9.23. The first-order chi connectivity index (χ1) is 4.81. The van der Waals surface area contributed by atoms with Crippen LogP contribution in [0.4, 0.5) is 0 Å². The summed E-state index contributed by atoms with van der Waals surface area (Å²) in [5.74, 6) is 0. The van der Waals surface area contributed by atoms with Crippen molar-refractivity contribution in [2.24, 2.45) is 0 Å². The van der Waals surface area contributed by atoms with E-state index in [-0.39, 0.29) is 5.60 Å². The van der Waals surface area contributed by atoms with Crippen LogP contribution in [-0.2, 0) is 8.85 Å². The summed E-state index contributed by atoms with van der Waals surface area (Å²) in [6, 6.07) is 0. The maximum absolute atomic E-state index is 5.85. The normalized spacial score (nSPS) is 35.2. The zero-order valence-electron chi connectivity index (χ0n) is 8.10. The molecule has 0 N–H and O–H groups in total. The molecule has 11 heavy (non-hydrogen) atoms. The van der Waals surface area contributed by atoms with Gasteiger partial charge in [0.15, 0.2) is 0 Å². The maximum atomic E-state index is 5.85. The molecule has 1 unspecified atom stereocenters. The van der Waals surface area contributed by atoms with E-state index in [9.17, 15) is 0 Å². The van der Waals surface area contributed by atoms with Gasteiger partial charge in [-0.05, 0) is 40.3 Å². The van der Waals surface area contributed by atoms with E-state index in [1.807, 2.05) is 0 Å². The summed E-state index contributed by atoms with van der Waals surface area (Å²) in [6.45, 7) is 10.6. The Labute approximate surface area is 70.1 Å². The first-order valence-electron chi connectivity index (χ1n) is 4.19. The lowest BCUT2D eigenvalue weighted by Crippen LogP contribution is -2.52. The Balaban J connectivity index is 2.66. The molecule has 1 heterocycles. The van der Waals surface area contributed by atoms with Crippen LogP contribution in [0.25, 0.3) is 0 Å². The molecule has 0 amide bonds. The summed E-state index contributed by atoms with van der Waals surface area (Å²) in [4.78, 5) is 0. The Morgan fingerprint density at radius 3 is 2.27 bits per heavy atom. The molecule has 1 rings (SSSR count). The number of hydrogen-bond donors (Lipinski definition) is 0. The summed E-state index contributed by atoms with van der Waals surface area (Å²) in [7, 11) is -1.79. The molecule has 1 aliphatic rings. The van der Waals surface area contributed by atoms with Gasteiger partial charge >= 0.3 is 8.56 Å². The summed E-state index contributed by atoms with van der Waals surface area (Å²) < 4.78 is 11.6. The van der Waals surface area contributed by atoms with Crippen LogP contribution >= 0.6 is 0 Å². The molecule has 1 saturated heterocycles. The summed E-state index contributed by atoms with van der Waals surface area (Å²) in [5.41, 5.74) is 0.0212. The molecule has 0 aliphatic carbocycles. The van der Waals surface area contributed by atoms with Crippen LogP contribution in [0.1, 0.15) is 27.2 Å². The second-order valence-electron chi connectivity index (χ2n) is 4.39. The zero-order valence-corrected chi connectivity index (χ0v) is 9.10. The summed E-state index contributed by atoms with van der Waals surface area (Å²) in [5, 5.41) is 0. The minimum absolute atomic E-state index is 0.0212. The van der Waals surface area contributed by atoms with Gasteiger partial charge in [0, 0.05) is 6.10 Å². The average Bonchev–Trinajstić information content (AvgIpc) is 1.49. The van der Waals surface area contributed by atoms with Crippen molar-refractivity contribution in [3.8, 4) is 0 Å². The lowest BCUT2D eigenvalue weighted by molar-refractivity contribution is -0.0395. The lowest BCUT2D eigenvalue weighted by atomic mass is 10.0. The standard InChI is InChI=1S/C8H18O2Si/c1-7-6-8(2,3)10-11(4,5)9-7/h7H,6H2,1-5H3. The average molecular weight is 174 g/mol. The Morgan fingerprint density at radius 1 is 1.36 bits per heavy atom. The topological polar surface area (TPSA) is 18.5 Å². The maximum Gasteiger partial charge on any atom is 0.332 e. The van der Waals surface area contributed by atoms with Crippen LogP contribution < -0.4 is 0 Å². The van der Waals surface area contributed by atoms with E-state index >= 15 is 0 Å². The number of rotatable bonds is 0. The van der Waals surface area contributed by atoms with Crippen molar-refractivity contribution in [1.82, 2.24) is 0 Å². The van der Waals surface area contributed by atoms with Crippen LogP contribution in [0, 0.1) is 0 Å². The second-order valence-corrected chi connectivity index (χ2v) is 7.63. The highest BCUT2D eigenvalue weighted by Gasteiger charge is 2.40.